The van der Waals surface area contributed by atoms with E-state index in [1.807, 2.05) is 12.1 Å². The predicted octanol–water partition coefficient (Wildman–Crippen LogP) is 2.59. The molecule has 0 aliphatic heterocycles. The average Bonchev–Trinajstić information content (AvgIpc) is 2.68. The summed E-state index contributed by atoms with van der Waals surface area (Å²) >= 11 is 0. The smallest absolute Gasteiger partial charge is 0.302 e. The van der Waals surface area contributed by atoms with Gasteiger partial charge in [0.05, 0.1) is 6.61 Å². The second kappa shape index (κ2) is 4.84. The molecule has 0 spiro atoms. The number of benzene rings is 1. The molecule has 3 nitrogen and oxygen atoms in total. The zero-order chi connectivity index (χ0) is 11.4. The quantitative estimate of drug-likeness (QED) is 0.582. The molecule has 0 saturated heterocycles. The average molecular weight is 217 g/mol. The maximum atomic E-state index is 10.6. The zero-order valence-electron chi connectivity index (χ0n) is 9.35. The van der Waals surface area contributed by atoms with Gasteiger partial charge in [-0.2, -0.15) is 0 Å². The van der Waals surface area contributed by atoms with Crippen molar-refractivity contribution in [1.82, 2.24) is 4.57 Å². The van der Waals surface area contributed by atoms with Gasteiger partial charge < -0.3 is 9.30 Å². The highest BCUT2D eigenvalue weighted by molar-refractivity contribution is 5.79. The first kappa shape index (κ1) is 10.7. The van der Waals surface area contributed by atoms with E-state index in [0.29, 0.717) is 6.61 Å². The second-order valence-corrected chi connectivity index (χ2v) is 3.76. The van der Waals surface area contributed by atoms with Crippen molar-refractivity contribution in [3.05, 3.63) is 36.5 Å². The summed E-state index contributed by atoms with van der Waals surface area (Å²) in [7, 11) is 0. The van der Waals surface area contributed by atoms with Crippen molar-refractivity contribution < 1.29 is 9.53 Å². The standard InChI is InChI=1S/C13H15NO2/c1-11(15)16-10-4-8-14-9-7-12-5-2-3-6-13(12)14/h2-3,5-7,9H,4,8,10H2,1H3. The van der Waals surface area contributed by atoms with Crippen LogP contribution in [-0.4, -0.2) is 17.1 Å². The number of aryl methyl sites for hydroxylation is 1. The summed E-state index contributed by atoms with van der Waals surface area (Å²) in [6, 6.07) is 10.4. The van der Waals surface area contributed by atoms with Crippen molar-refractivity contribution in [1.29, 1.82) is 0 Å². The molecule has 0 N–H and O–H groups in total. The molecule has 0 fully saturated rings. The van der Waals surface area contributed by atoms with Gasteiger partial charge in [-0.15, -0.1) is 0 Å². The molecule has 16 heavy (non-hydrogen) atoms. The molecule has 3 heteroatoms. The van der Waals surface area contributed by atoms with Gasteiger partial charge in [-0.3, -0.25) is 4.79 Å². The summed E-state index contributed by atoms with van der Waals surface area (Å²) in [6.45, 7) is 2.80. The van der Waals surface area contributed by atoms with E-state index in [9.17, 15) is 4.79 Å². The van der Waals surface area contributed by atoms with Gasteiger partial charge >= 0.3 is 5.97 Å². The highest BCUT2D eigenvalue weighted by Gasteiger charge is 1.99. The number of nitrogens with zero attached hydrogens (tertiary/aromatic N) is 1. The van der Waals surface area contributed by atoms with Crippen LogP contribution in [0, 0.1) is 0 Å². The van der Waals surface area contributed by atoms with Crippen LogP contribution in [0.1, 0.15) is 13.3 Å². The van der Waals surface area contributed by atoms with Crippen LogP contribution >= 0.6 is 0 Å². The number of carbonyl (C=O) groups is 1. The van der Waals surface area contributed by atoms with E-state index in [-0.39, 0.29) is 5.97 Å². The van der Waals surface area contributed by atoms with Crippen molar-refractivity contribution in [2.24, 2.45) is 0 Å². The van der Waals surface area contributed by atoms with Gasteiger partial charge in [-0.05, 0) is 23.9 Å². The summed E-state index contributed by atoms with van der Waals surface area (Å²) < 4.78 is 7.08. The van der Waals surface area contributed by atoms with Gasteiger partial charge in [0.2, 0.25) is 0 Å². The molecule has 0 radical (unpaired) electrons. The topological polar surface area (TPSA) is 31.2 Å². The molecule has 0 aliphatic rings. The number of rotatable bonds is 4. The molecule has 0 unspecified atom stereocenters. The third kappa shape index (κ3) is 2.42. The molecule has 0 saturated carbocycles. The molecule has 84 valence electrons. The Kier molecular flexibility index (Phi) is 3.25. The summed E-state index contributed by atoms with van der Waals surface area (Å²) in [6.07, 6.45) is 2.91. The molecule has 0 atom stereocenters. The van der Waals surface area contributed by atoms with Gasteiger partial charge in [0, 0.05) is 25.2 Å². The fourth-order valence-corrected chi connectivity index (χ4v) is 1.79. The van der Waals surface area contributed by atoms with Crippen LogP contribution in [0.3, 0.4) is 0 Å². The molecular weight excluding hydrogens is 202 g/mol. The lowest BCUT2D eigenvalue weighted by molar-refractivity contribution is -0.141. The van der Waals surface area contributed by atoms with Crippen LogP contribution in [0.4, 0.5) is 0 Å². The number of aromatic nitrogens is 1. The zero-order valence-corrected chi connectivity index (χ0v) is 9.35. The maximum Gasteiger partial charge on any atom is 0.302 e. The summed E-state index contributed by atoms with van der Waals surface area (Å²) in [5, 5.41) is 1.25. The first-order chi connectivity index (χ1) is 7.77. The van der Waals surface area contributed by atoms with Crippen LogP contribution < -0.4 is 0 Å². The number of fused-ring (bicyclic) bond motifs is 1. The van der Waals surface area contributed by atoms with E-state index in [0.717, 1.165) is 13.0 Å². The number of ether oxygens (including phenoxy) is 1. The number of carbonyl (C=O) groups excluding carboxylic acids is 1. The largest absolute Gasteiger partial charge is 0.466 e. The van der Waals surface area contributed by atoms with Crippen molar-refractivity contribution in [2.75, 3.05) is 6.61 Å². The molecule has 1 aromatic heterocycles. The fraction of sp³-hybridized carbons (Fsp3) is 0.308. The Balaban J connectivity index is 1.97. The van der Waals surface area contributed by atoms with Gasteiger partial charge in [-0.1, -0.05) is 18.2 Å². The molecule has 0 amide bonds. The first-order valence-corrected chi connectivity index (χ1v) is 5.44. The number of hydrogen-bond acceptors (Lipinski definition) is 2. The predicted molar refractivity (Wildman–Crippen MR) is 63.2 cm³/mol. The molecule has 1 aromatic carbocycles. The fourth-order valence-electron chi connectivity index (χ4n) is 1.79. The minimum atomic E-state index is -0.211. The highest BCUT2D eigenvalue weighted by atomic mass is 16.5. The normalized spacial score (nSPS) is 10.6. The number of hydrogen-bond donors (Lipinski definition) is 0. The minimum absolute atomic E-state index is 0.211. The lowest BCUT2D eigenvalue weighted by Crippen LogP contribution is -2.04. The third-order valence-electron chi connectivity index (χ3n) is 2.53. The van der Waals surface area contributed by atoms with Crippen LogP contribution in [0.15, 0.2) is 36.5 Å². The van der Waals surface area contributed by atoms with Crippen molar-refractivity contribution in [3.63, 3.8) is 0 Å². The van der Waals surface area contributed by atoms with E-state index >= 15 is 0 Å². The van der Waals surface area contributed by atoms with E-state index in [4.69, 9.17) is 4.74 Å². The van der Waals surface area contributed by atoms with Crippen molar-refractivity contribution in [2.45, 2.75) is 19.9 Å². The van der Waals surface area contributed by atoms with Gasteiger partial charge in [0.1, 0.15) is 0 Å². The molecule has 2 aromatic rings. The second-order valence-electron chi connectivity index (χ2n) is 3.76. The van der Waals surface area contributed by atoms with E-state index < -0.39 is 0 Å². The van der Waals surface area contributed by atoms with Gasteiger partial charge in [0.15, 0.2) is 0 Å². The van der Waals surface area contributed by atoms with Crippen molar-refractivity contribution >= 4 is 16.9 Å². The van der Waals surface area contributed by atoms with Crippen LogP contribution in [0.5, 0.6) is 0 Å². The van der Waals surface area contributed by atoms with Crippen molar-refractivity contribution in [3.8, 4) is 0 Å². The molecule has 2 rings (SSSR count). The Morgan fingerprint density at radius 2 is 2.12 bits per heavy atom. The first-order valence-electron chi connectivity index (χ1n) is 5.44. The van der Waals surface area contributed by atoms with Crippen LogP contribution in [0.25, 0.3) is 10.9 Å². The van der Waals surface area contributed by atoms with Crippen LogP contribution in [0.2, 0.25) is 0 Å². The lowest BCUT2D eigenvalue weighted by Gasteiger charge is -2.05. The monoisotopic (exact) mass is 217 g/mol. The molecule has 1 heterocycles. The molecule has 0 bridgehead atoms. The minimum Gasteiger partial charge on any atom is -0.466 e. The number of para-hydroxylation sites is 1. The molecule has 0 aliphatic carbocycles. The highest BCUT2D eigenvalue weighted by Crippen LogP contribution is 2.15. The Labute approximate surface area is 94.6 Å². The Morgan fingerprint density at radius 1 is 1.31 bits per heavy atom. The Morgan fingerprint density at radius 3 is 2.94 bits per heavy atom. The third-order valence-corrected chi connectivity index (χ3v) is 2.53. The lowest BCUT2D eigenvalue weighted by atomic mass is 10.2. The van der Waals surface area contributed by atoms with E-state index in [1.54, 1.807) is 0 Å². The van der Waals surface area contributed by atoms with E-state index in [1.165, 1.54) is 17.8 Å². The maximum absolute atomic E-state index is 10.6. The van der Waals surface area contributed by atoms with Crippen LogP contribution in [-0.2, 0) is 16.1 Å². The Bertz CT molecular complexity index is 487. The Hall–Kier alpha value is -1.77. The summed E-state index contributed by atoms with van der Waals surface area (Å²) in [4.78, 5) is 10.6. The summed E-state index contributed by atoms with van der Waals surface area (Å²) in [5.41, 5.74) is 1.23. The number of esters is 1. The van der Waals surface area contributed by atoms with Gasteiger partial charge in [-0.25, -0.2) is 0 Å². The summed E-state index contributed by atoms with van der Waals surface area (Å²) in [5.74, 6) is -0.211. The van der Waals surface area contributed by atoms with Gasteiger partial charge in [0.25, 0.3) is 0 Å². The SMILES string of the molecule is CC(=O)OCCCn1ccc2ccccc21. The van der Waals surface area contributed by atoms with E-state index in [2.05, 4.69) is 29.0 Å². The molecular formula is C13H15NO2.